The van der Waals surface area contributed by atoms with Crippen molar-refractivity contribution in [2.75, 3.05) is 0 Å². The number of hydrogen-bond acceptors (Lipinski definition) is 2. The number of furan rings is 1. The number of pyridine rings is 1. The van der Waals surface area contributed by atoms with Gasteiger partial charge in [-0.25, -0.2) is 0 Å². The molecule has 0 atom stereocenters. The van der Waals surface area contributed by atoms with Gasteiger partial charge in [0.1, 0.15) is 5.76 Å². The van der Waals surface area contributed by atoms with Crippen molar-refractivity contribution in [3.05, 3.63) is 77.0 Å². The zero-order chi connectivity index (χ0) is 17.6. The van der Waals surface area contributed by atoms with Crippen LogP contribution in [-0.4, -0.2) is 4.98 Å². The third kappa shape index (κ3) is 3.08. The van der Waals surface area contributed by atoms with Crippen molar-refractivity contribution in [2.45, 2.75) is 27.7 Å². The van der Waals surface area contributed by atoms with Gasteiger partial charge >= 0.3 is 0 Å². The summed E-state index contributed by atoms with van der Waals surface area (Å²) in [6.07, 6.45) is 1.83. The molecule has 0 aliphatic rings. The maximum atomic E-state index is 6.04. The Morgan fingerprint density at radius 1 is 0.640 bits per heavy atom. The molecule has 25 heavy (non-hydrogen) atoms. The number of hydrogen-bond donors (Lipinski definition) is 0. The van der Waals surface area contributed by atoms with Crippen LogP contribution in [0.15, 0.2) is 59.1 Å². The van der Waals surface area contributed by atoms with E-state index < -0.39 is 0 Å². The van der Waals surface area contributed by atoms with Crippen molar-refractivity contribution in [1.82, 2.24) is 4.98 Å². The summed E-state index contributed by atoms with van der Waals surface area (Å²) in [5.74, 6) is 0.890. The lowest BCUT2D eigenvalue weighted by molar-refractivity contribution is 0.630. The summed E-state index contributed by atoms with van der Waals surface area (Å²) in [5.41, 5.74) is 9.04. The predicted molar refractivity (Wildman–Crippen MR) is 104 cm³/mol. The van der Waals surface area contributed by atoms with Crippen LogP contribution in [0.2, 0.25) is 0 Å². The van der Waals surface area contributed by atoms with E-state index in [1.807, 2.05) is 6.20 Å². The van der Waals surface area contributed by atoms with E-state index in [0.717, 1.165) is 33.6 Å². The molecular weight excluding hydrogens is 306 g/mol. The first-order valence-corrected chi connectivity index (χ1v) is 8.55. The van der Waals surface area contributed by atoms with E-state index in [9.17, 15) is 0 Å². The normalized spacial score (nSPS) is 11.2. The summed E-state index contributed by atoms with van der Waals surface area (Å²) in [5, 5.41) is 1.08. The average Bonchev–Trinajstić information content (AvgIpc) is 2.96. The number of benzene rings is 2. The van der Waals surface area contributed by atoms with Crippen LogP contribution in [0.25, 0.3) is 33.6 Å². The molecule has 0 N–H and O–H groups in total. The zero-order valence-corrected chi connectivity index (χ0v) is 15.1. The van der Waals surface area contributed by atoms with Gasteiger partial charge in [0.2, 0.25) is 0 Å². The molecule has 0 spiro atoms. The molecule has 0 saturated heterocycles. The Balaban J connectivity index is 1.81. The third-order valence-electron chi connectivity index (χ3n) is 4.43. The van der Waals surface area contributed by atoms with Crippen LogP contribution < -0.4 is 0 Å². The van der Waals surface area contributed by atoms with Gasteiger partial charge in [-0.1, -0.05) is 34.4 Å². The molecule has 0 saturated carbocycles. The first kappa shape index (κ1) is 15.6. The molecule has 0 unspecified atom stereocenters. The van der Waals surface area contributed by atoms with Gasteiger partial charge in [-0.05, 0) is 64.1 Å². The standard InChI is InChI=1S/C23H21NO/c1-14-5-15(2)8-18(7-14)21-11-20-12-22(25-23(20)13-24-21)19-9-16(3)6-17(4)10-19/h5-13H,1-4H3. The molecule has 2 aromatic carbocycles. The Hall–Kier alpha value is -2.87. The van der Waals surface area contributed by atoms with Gasteiger partial charge in [0.15, 0.2) is 5.58 Å². The minimum absolute atomic E-state index is 0.822. The van der Waals surface area contributed by atoms with E-state index in [1.165, 1.54) is 22.3 Å². The summed E-state index contributed by atoms with van der Waals surface area (Å²) in [6, 6.07) is 17.2. The van der Waals surface area contributed by atoms with Gasteiger partial charge in [-0.15, -0.1) is 0 Å². The summed E-state index contributed by atoms with van der Waals surface area (Å²) in [6.45, 7) is 8.45. The average molecular weight is 327 g/mol. The molecule has 2 nitrogen and oxygen atoms in total. The number of nitrogens with zero attached hydrogens (tertiary/aromatic N) is 1. The summed E-state index contributed by atoms with van der Waals surface area (Å²) in [7, 11) is 0. The Labute approximate surface area is 148 Å². The highest BCUT2D eigenvalue weighted by Crippen LogP contribution is 2.31. The molecule has 0 aliphatic carbocycles. The first-order chi connectivity index (χ1) is 12.0. The number of aryl methyl sites for hydroxylation is 4. The topological polar surface area (TPSA) is 26.0 Å². The predicted octanol–water partition coefficient (Wildman–Crippen LogP) is 6.40. The molecule has 4 rings (SSSR count). The van der Waals surface area contributed by atoms with Crippen molar-refractivity contribution in [1.29, 1.82) is 0 Å². The minimum Gasteiger partial charge on any atom is -0.454 e. The smallest absolute Gasteiger partial charge is 0.153 e. The van der Waals surface area contributed by atoms with E-state index in [1.54, 1.807) is 0 Å². The second-order valence-electron chi connectivity index (χ2n) is 6.97. The van der Waals surface area contributed by atoms with Gasteiger partial charge in [0.25, 0.3) is 0 Å². The summed E-state index contributed by atoms with van der Waals surface area (Å²) >= 11 is 0. The van der Waals surface area contributed by atoms with Crippen molar-refractivity contribution in [3.63, 3.8) is 0 Å². The van der Waals surface area contributed by atoms with Crippen molar-refractivity contribution >= 4 is 11.0 Å². The molecular formula is C23H21NO. The van der Waals surface area contributed by atoms with E-state index in [4.69, 9.17) is 4.42 Å². The van der Waals surface area contributed by atoms with Gasteiger partial charge in [0, 0.05) is 16.5 Å². The monoisotopic (exact) mass is 327 g/mol. The highest BCUT2D eigenvalue weighted by molar-refractivity contribution is 5.85. The lowest BCUT2D eigenvalue weighted by Gasteiger charge is -2.04. The quantitative estimate of drug-likeness (QED) is 0.426. The number of rotatable bonds is 2. The lowest BCUT2D eigenvalue weighted by atomic mass is 10.0. The molecule has 0 radical (unpaired) electrons. The van der Waals surface area contributed by atoms with Gasteiger partial charge in [0.05, 0.1) is 11.9 Å². The molecule has 2 heteroatoms. The maximum absolute atomic E-state index is 6.04. The van der Waals surface area contributed by atoms with Crippen molar-refractivity contribution in [3.8, 4) is 22.6 Å². The molecule has 0 aliphatic heterocycles. The van der Waals surface area contributed by atoms with Gasteiger partial charge in [-0.3, -0.25) is 4.98 Å². The van der Waals surface area contributed by atoms with Crippen LogP contribution in [0, 0.1) is 27.7 Å². The second kappa shape index (κ2) is 5.89. The van der Waals surface area contributed by atoms with Crippen LogP contribution in [0.3, 0.4) is 0 Å². The molecule has 124 valence electrons. The van der Waals surface area contributed by atoms with E-state index in [2.05, 4.69) is 81.2 Å². The number of aromatic nitrogens is 1. The second-order valence-corrected chi connectivity index (χ2v) is 6.97. The van der Waals surface area contributed by atoms with E-state index in [0.29, 0.717) is 0 Å². The highest BCUT2D eigenvalue weighted by Gasteiger charge is 2.10. The Bertz CT molecular complexity index is 999. The molecule has 2 heterocycles. The summed E-state index contributed by atoms with van der Waals surface area (Å²) < 4.78 is 6.04. The number of fused-ring (bicyclic) bond motifs is 1. The van der Waals surface area contributed by atoms with Crippen LogP contribution in [0.1, 0.15) is 22.3 Å². The van der Waals surface area contributed by atoms with Crippen LogP contribution in [0.5, 0.6) is 0 Å². The fraction of sp³-hybridized carbons (Fsp3) is 0.174. The van der Waals surface area contributed by atoms with Crippen LogP contribution in [0.4, 0.5) is 0 Å². The van der Waals surface area contributed by atoms with Crippen molar-refractivity contribution in [2.24, 2.45) is 0 Å². The Kier molecular flexibility index (Phi) is 3.69. The van der Waals surface area contributed by atoms with E-state index >= 15 is 0 Å². The fourth-order valence-corrected chi connectivity index (χ4v) is 3.49. The van der Waals surface area contributed by atoms with Gasteiger partial charge in [-0.2, -0.15) is 0 Å². The molecule has 0 fully saturated rings. The Morgan fingerprint density at radius 3 is 1.80 bits per heavy atom. The minimum atomic E-state index is 0.822. The SMILES string of the molecule is Cc1cc(C)cc(-c2cc3cc(-c4cc(C)cc(C)c4)oc3cn2)c1. The third-order valence-corrected chi connectivity index (χ3v) is 4.43. The van der Waals surface area contributed by atoms with Gasteiger partial charge < -0.3 is 4.42 Å². The molecule has 2 aromatic heterocycles. The molecule has 0 bridgehead atoms. The molecule has 0 amide bonds. The summed E-state index contributed by atoms with van der Waals surface area (Å²) in [4.78, 5) is 4.61. The largest absolute Gasteiger partial charge is 0.454 e. The highest BCUT2D eigenvalue weighted by atomic mass is 16.3. The molecule has 4 aromatic rings. The first-order valence-electron chi connectivity index (χ1n) is 8.55. The van der Waals surface area contributed by atoms with Crippen LogP contribution >= 0.6 is 0 Å². The van der Waals surface area contributed by atoms with Crippen molar-refractivity contribution < 1.29 is 4.42 Å². The maximum Gasteiger partial charge on any atom is 0.153 e. The zero-order valence-electron chi connectivity index (χ0n) is 15.1. The van der Waals surface area contributed by atoms with E-state index in [-0.39, 0.29) is 0 Å². The van der Waals surface area contributed by atoms with Crippen LogP contribution in [-0.2, 0) is 0 Å². The fourth-order valence-electron chi connectivity index (χ4n) is 3.49. The lowest BCUT2D eigenvalue weighted by Crippen LogP contribution is -1.85. The Morgan fingerprint density at radius 2 is 1.20 bits per heavy atom.